The molecule has 0 saturated carbocycles. The second-order valence-electron chi connectivity index (χ2n) is 10.1. The van der Waals surface area contributed by atoms with Gasteiger partial charge in [-0.2, -0.15) is 39.5 Å². The van der Waals surface area contributed by atoms with Gasteiger partial charge in [0.1, 0.15) is 5.75 Å². The number of ether oxygens (including phenoxy) is 1. The van der Waals surface area contributed by atoms with Crippen LogP contribution in [0, 0.1) is 5.92 Å². The van der Waals surface area contributed by atoms with Crippen molar-refractivity contribution in [1.82, 2.24) is 5.01 Å². The summed E-state index contributed by atoms with van der Waals surface area (Å²) in [5, 5.41) is 7.66. The molecule has 2 unspecified atom stereocenters. The van der Waals surface area contributed by atoms with Crippen molar-refractivity contribution in [2.75, 3.05) is 0 Å². The van der Waals surface area contributed by atoms with Crippen molar-refractivity contribution in [3.63, 3.8) is 0 Å². The first-order valence-electron chi connectivity index (χ1n) is 12.5. The van der Waals surface area contributed by atoms with Gasteiger partial charge in [0, 0.05) is 5.56 Å². The minimum absolute atomic E-state index is 0.0632. The molecule has 2 atom stereocenters. The van der Waals surface area contributed by atoms with Gasteiger partial charge in [-0.1, -0.05) is 60.7 Å². The van der Waals surface area contributed by atoms with E-state index < -0.39 is 52.9 Å². The number of fused-ring (bicyclic) bond motifs is 5. The van der Waals surface area contributed by atoms with E-state index in [9.17, 15) is 39.5 Å². The number of rotatable bonds is 1. The van der Waals surface area contributed by atoms with Crippen molar-refractivity contribution >= 4 is 29.8 Å². The van der Waals surface area contributed by atoms with Gasteiger partial charge in [0.2, 0.25) is 5.90 Å². The Morgan fingerprint density at radius 2 is 1.43 bits per heavy atom. The predicted octanol–water partition coefficient (Wildman–Crippen LogP) is 7.13. The molecular formula is C30H15F9N2O. The number of hydrazone groups is 1. The van der Waals surface area contributed by atoms with Crippen molar-refractivity contribution in [1.29, 1.82) is 0 Å². The molecule has 214 valence electrons. The lowest BCUT2D eigenvalue weighted by Crippen LogP contribution is -2.40. The molecule has 0 radical (unpaired) electrons. The molecule has 2 aliphatic heterocycles. The minimum Gasteiger partial charge on any atom is -0.440 e. The molecule has 2 aliphatic carbocycles. The van der Waals surface area contributed by atoms with E-state index >= 15 is 0 Å². The van der Waals surface area contributed by atoms with Crippen LogP contribution >= 0.6 is 0 Å². The van der Waals surface area contributed by atoms with Crippen molar-refractivity contribution in [3.05, 3.63) is 110 Å². The highest BCUT2D eigenvalue weighted by atomic mass is 19.4. The molecule has 0 saturated heterocycles. The Balaban J connectivity index is 1.44. The first-order valence-corrected chi connectivity index (χ1v) is 12.5. The van der Waals surface area contributed by atoms with Crippen molar-refractivity contribution in [2.24, 2.45) is 11.0 Å². The third kappa shape index (κ3) is 3.95. The van der Waals surface area contributed by atoms with Crippen LogP contribution in [0.4, 0.5) is 39.5 Å². The zero-order chi connectivity index (χ0) is 29.8. The van der Waals surface area contributed by atoms with Crippen LogP contribution in [0.1, 0.15) is 39.4 Å². The molecule has 0 aromatic heterocycles. The fraction of sp³-hybridized carbons (Fsp3) is 0.167. The molecule has 4 aliphatic rings. The Bertz CT molecular complexity index is 1860. The lowest BCUT2D eigenvalue weighted by atomic mass is 9.83. The van der Waals surface area contributed by atoms with Gasteiger partial charge in [0.25, 0.3) is 0 Å². The van der Waals surface area contributed by atoms with Crippen LogP contribution < -0.4 is 15.2 Å². The van der Waals surface area contributed by atoms with E-state index in [-0.39, 0.29) is 18.0 Å². The number of nitrogens with zero attached hydrogens (tertiary/aromatic N) is 2. The standard InChI is InChI=1S/C30H15F9N2O/c31-28(32,33)22-12-16(13-23(29(34,35)36)25(22)30(37,38)39)42-27-21-11-15-5-2-1-4-14(15)10-20(21)26-19-7-3-6-18-17(19)8-9-24(18)41(26)40-27/h1-13,21,24H. The predicted molar refractivity (Wildman–Crippen MR) is 135 cm³/mol. The molecule has 0 N–H and O–H groups in total. The second kappa shape index (κ2) is 8.52. The van der Waals surface area contributed by atoms with Gasteiger partial charge in [-0.3, -0.25) is 0 Å². The Kier molecular flexibility index (Phi) is 5.36. The number of halogens is 9. The van der Waals surface area contributed by atoms with Gasteiger partial charge >= 0.3 is 18.5 Å². The molecule has 3 aromatic carbocycles. The van der Waals surface area contributed by atoms with Gasteiger partial charge in [-0.25, -0.2) is 5.01 Å². The summed E-state index contributed by atoms with van der Waals surface area (Å²) in [6.45, 7) is 0. The summed E-state index contributed by atoms with van der Waals surface area (Å²) in [6.07, 6.45) is -10.1. The zero-order valence-corrected chi connectivity index (χ0v) is 20.9. The maximum Gasteiger partial charge on any atom is 0.417 e. The first-order chi connectivity index (χ1) is 19.7. The second-order valence-corrected chi connectivity index (χ2v) is 10.1. The molecule has 0 spiro atoms. The maximum absolute atomic E-state index is 13.8. The molecule has 4 bridgehead atoms. The van der Waals surface area contributed by atoms with Gasteiger partial charge in [-0.15, -0.1) is 5.10 Å². The van der Waals surface area contributed by atoms with Crippen molar-refractivity contribution < 1.29 is 44.3 Å². The third-order valence-corrected chi connectivity index (χ3v) is 7.61. The molecule has 12 heteroatoms. The normalized spacial score (nSPS) is 20.3. The van der Waals surface area contributed by atoms with Crippen LogP contribution in [0.2, 0.25) is 0 Å². The summed E-state index contributed by atoms with van der Waals surface area (Å²) in [4.78, 5) is 0. The number of alkyl halides is 9. The molecule has 7 rings (SSSR count). The first kappa shape index (κ1) is 26.4. The Morgan fingerprint density at radius 3 is 2.07 bits per heavy atom. The Labute approximate surface area is 230 Å². The molecule has 3 nitrogen and oxygen atoms in total. The number of benzene rings is 3. The van der Waals surface area contributed by atoms with Gasteiger partial charge in [-0.05, 0) is 45.3 Å². The van der Waals surface area contributed by atoms with Gasteiger partial charge in [0.15, 0.2) is 0 Å². The zero-order valence-electron chi connectivity index (χ0n) is 20.9. The summed E-state index contributed by atoms with van der Waals surface area (Å²) in [7, 11) is 0. The van der Waals surface area contributed by atoms with Crippen LogP contribution in [-0.2, 0) is 18.5 Å². The van der Waals surface area contributed by atoms with E-state index in [1.54, 1.807) is 23.2 Å². The van der Waals surface area contributed by atoms with E-state index in [4.69, 9.17) is 4.74 Å². The molecule has 2 heterocycles. The Morgan fingerprint density at radius 1 is 0.762 bits per heavy atom. The van der Waals surface area contributed by atoms with Crippen LogP contribution in [0.3, 0.4) is 0 Å². The maximum atomic E-state index is 13.8. The average Bonchev–Trinajstić information content (AvgIpc) is 3.26. The van der Waals surface area contributed by atoms with Crippen LogP contribution in [0.15, 0.2) is 71.3 Å². The van der Waals surface area contributed by atoms with Crippen LogP contribution in [0.5, 0.6) is 5.75 Å². The lowest BCUT2D eigenvalue weighted by molar-refractivity contribution is -0.174. The van der Waals surface area contributed by atoms with Gasteiger partial charge in [0.05, 0.1) is 34.3 Å². The van der Waals surface area contributed by atoms with E-state index in [2.05, 4.69) is 5.10 Å². The van der Waals surface area contributed by atoms with Crippen molar-refractivity contribution in [2.45, 2.75) is 24.6 Å². The average molecular weight is 590 g/mol. The minimum atomic E-state index is -5.94. The topological polar surface area (TPSA) is 24.8 Å². The molecule has 0 fully saturated rings. The molecule has 0 amide bonds. The third-order valence-electron chi connectivity index (χ3n) is 7.61. The summed E-state index contributed by atoms with van der Waals surface area (Å²) < 4.78 is 129. The largest absolute Gasteiger partial charge is 0.440 e. The van der Waals surface area contributed by atoms with E-state index in [1.807, 2.05) is 48.6 Å². The highest BCUT2D eigenvalue weighted by Crippen LogP contribution is 2.52. The number of hydrogen-bond donors (Lipinski definition) is 0. The highest BCUT2D eigenvalue weighted by Gasteiger charge is 2.51. The molecular weight excluding hydrogens is 575 g/mol. The summed E-state index contributed by atoms with van der Waals surface area (Å²) in [6, 6.07) is 12.3. The van der Waals surface area contributed by atoms with Crippen LogP contribution in [0.25, 0.3) is 23.9 Å². The summed E-state index contributed by atoms with van der Waals surface area (Å²) in [5.41, 5.74) is -3.82. The molecule has 3 aromatic rings. The lowest BCUT2D eigenvalue weighted by Gasteiger charge is -2.40. The highest BCUT2D eigenvalue weighted by molar-refractivity contribution is 6.00. The van der Waals surface area contributed by atoms with Crippen LogP contribution in [-0.4, -0.2) is 10.9 Å². The van der Waals surface area contributed by atoms with E-state index in [0.29, 0.717) is 16.5 Å². The fourth-order valence-corrected chi connectivity index (χ4v) is 5.94. The number of hydrogen-bond acceptors (Lipinski definition) is 3. The summed E-state index contributed by atoms with van der Waals surface area (Å²) in [5.74, 6) is -2.22. The quantitative estimate of drug-likeness (QED) is 0.282. The van der Waals surface area contributed by atoms with Crippen molar-refractivity contribution in [3.8, 4) is 5.75 Å². The molecule has 42 heavy (non-hydrogen) atoms. The smallest absolute Gasteiger partial charge is 0.417 e. The monoisotopic (exact) mass is 590 g/mol. The SMILES string of the molecule is FC(F)(F)c1cc(OC2=NN3C(=C4C=c5ccccc5=CC24)c2cccc4c2C=CC43)cc(C(F)(F)F)c1C(F)(F)F. The van der Waals surface area contributed by atoms with Gasteiger partial charge < -0.3 is 4.74 Å². The Hall–Kier alpha value is -4.48. The van der Waals surface area contributed by atoms with E-state index in [0.717, 1.165) is 21.9 Å². The van der Waals surface area contributed by atoms with E-state index in [1.165, 1.54) is 0 Å². The summed E-state index contributed by atoms with van der Waals surface area (Å²) >= 11 is 0. The fourth-order valence-electron chi connectivity index (χ4n) is 5.94.